The Morgan fingerprint density at radius 2 is 2.17 bits per heavy atom. The number of aromatic amines is 2. The molecule has 0 aromatic carbocycles. The molecule has 1 aliphatic heterocycles. The molecular formula is C20H25N3O. The third kappa shape index (κ3) is 3.53. The quantitative estimate of drug-likeness (QED) is 0.709. The summed E-state index contributed by atoms with van der Waals surface area (Å²) in [7, 11) is 1.68. The number of ether oxygens (including phenoxy) is 1. The van der Waals surface area contributed by atoms with Gasteiger partial charge < -0.3 is 14.7 Å². The van der Waals surface area contributed by atoms with Crippen molar-refractivity contribution in [3.05, 3.63) is 64.6 Å². The van der Waals surface area contributed by atoms with Gasteiger partial charge in [-0.1, -0.05) is 19.8 Å². The summed E-state index contributed by atoms with van der Waals surface area (Å²) in [5, 5.41) is 0. The zero-order chi connectivity index (χ0) is 16.9. The highest BCUT2D eigenvalue weighted by Crippen LogP contribution is 2.25. The van der Waals surface area contributed by atoms with Gasteiger partial charge in [0.15, 0.2) is 0 Å². The highest BCUT2D eigenvalue weighted by molar-refractivity contribution is 6.11. The van der Waals surface area contributed by atoms with E-state index in [1.54, 1.807) is 7.11 Å². The van der Waals surface area contributed by atoms with E-state index in [0.29, 0.717) is 0 Å². The monoisotopic (exact) mass is 323 g/mol. The molecule has 0 saturated heterocycles. The maximum Gasteiger partial charge on any atom is 0.146 e. The van der Waals surface area contributed by atoms with Gasteiger partial charge in [-0.15, -0.1) is 0 Å². The van der Waals surface area contributed by atoms with Crippen molar-refractivity contribution in [2.45, 2.75) is 39.5 Å². The first-order valence-electron chi connectivity index (χ1n) is 8.60. The average molecular weight is 323 g/mol. The largest absolute Gasteiger partial charge is 0.494 e. The van der Waals surface area contributed by atoms with Gasteiger partial charge in [-0.3, -0.25) is 0 Å². The molecule has 2 N–H and O–H groups in total. The van der Waals surface area contributed by atoms with Gasteiger partial charge in [-0.25, -0.2) is 4.99 Å². The van der Waals surface area contributed by atoms with E-state index < -0.39 is 0 Å². The van der Waals surface area contributed by atoms with Crippen LogP contribution in [0.15, 0.2) is 46.9 Å². The van der Waals surface area contributed by atoms with Crippen molar-refractivity contribution >= 4 is 11.8 Å². The van der Waals surface area contributed by atoms with Crippen LogP contribution in [0.1, 0.15) is 48.8 Å². The molecule has 0 unspecified atom stereocenters. The Morgan fingerprint density at radius 1 is 1.29 bits per heavy atom. The normalized spacial score (nSPS) is 15.7. The van der Waals surface area contributed by atoms with Gasteiger partial charge in [0.1, 0.15) is 11.5 Å². The fourth-order valence-corrected chi connectivity index (χ4v) is 2.99. The van der Waals surface area contributed by atoms with Crippen molar-refractivity contribution < 1.29 is 4.74 Å². The Bertz CT molecular complexity index is 776. The van der Waals surface area contributed by atoms with E-state index >= 15 is 0 Å². The molecule has 4 nitrogen and oxygen atoms in total. The number of rotatable bonds is 7. The summed E-state index contributed by atoms with van der Waals surface area (Å²) in [4.78, 5) is 11.3. The van der Waals surface area contributed by atoms with Crippen LogP contribution >= 0.6 is 0 Å². The van der Waals surface area contributed by atoms with Crippen LogP contribution in [0.4, 0.5) is 0 Å². The number of H-pyrrole nitrogens is 2. The highest BCUT2D eigenvalue weighted by atomic mass is 16.5. The van der Waals surface area contributed by atoms with E-state index in [9.17, 15) is 0 Å². The molecule has 3 rings (SSSR count). The van der Waals surface area contributed by atoms with Gasteiger partial charge in [0, 0.05) is 23.7 Å². The molecule has 0 aliphatic carbocycles. The molecule has 24 heavy (non-hydrogen) atoms. The van der Waals surface area contributed by atoms with Crippen LogP contribution in [-0.4, -0.2) is 22.8 Å². The molecule has 0 fully saturated rings. The molecule has 0 radical (unpaired) electrons. The summed E-state index contributed by atoms with van der Waals surface area (Å²) < 4.78 is 5.49. The molecule has 126 valence electrons. The third-order valence-corrected chi connectivity index (χ3v) is 4.34. The third-order valence-electron chi connectivity index (χ3n) is 4.34. The van der Waals surface area contributed by atoms with Crippen molar-refractivity contribution in [2.24, 2.45) is 4.99 Å². The van der Waals surface area contributed by atoms with Gasteiger partial charge in [0.2, 0.25) is 0 Å². The smallest absolute Gasteiger partial charge is 0.146 e. The second-order valence-corrected chi connectivity index (χ2v) is 6.16. The van der Waals surface area contributed by atoms with Gasteiger partial charge in [0.25, 0.3) is 0 Å². The summed E-state index contributed by atoms with van der Waals surface area (Å²) >= 11 is 0. The minimum Gasteiger partial charge on any atom is -0.494 e. The number of nitrogens with one attached hydrogen (secondary N) is 2. The van der Waals surface area contributed by atoms with Crippen LogP contribution < -0.4 is 0 Å². The van der Waals surface area contributed by atoms with Crippen molar-refractivity contribution in [3.63, 3.8) is 0 Å². The summed E-state index contributed by atoms with van der Waals surface area (Å²) in [5.41, 5.74) is 6.46. The van der Waals surface area contributed by atoms with E-state index in [4.69, 9.17) is 9.73 Å². The van der Waals surface area contributed by atoms with E-state index in [1.807, 2.05) is 24.4 Å². The number of hydrogen-bond acceptors (Lipinski definition) is 2. The molecular weight excluding hydrogens is 298 g/mol. The van der Waals surface area contributed by atoms with Crippen molar-refractivity contribution in [1.82, 2.24) is 9.97 Å². The number of methoxy groups -OCH3 is 1. The lowest BCUT2D eigenvalue weighted by Gasteiger charge is -2.00. The van der Waals surface area contributed by atoms with E-state index in [1.165, 1.54) is 30.5 Å². The fraction of sp³-hybridized carbons (Fsp3) is 0.350. The lowest BCUT2D eigenvalue weighted by atomic mass is 10.1. The first-order chi connectivity index (χ1) is 11.7. The first-order valence-corrected chi connectivity index (χ1v) is 8.60. The molecule has 0 amide bonds. The zero-order valence-corrected chi connectivity index (χ0v) is 14.6. The van der Waals surface area contributed by atoms with Gasteiger partial charge in [-0.2, -0.15) is 0 Å². The first kappa shape index (κ1) is 16.4. The number of hydrogen-bond donors (Lipinski definition) is 2. The molecule has 0 atom stereocenters. The number of allylic oxidation sites excluding steroid dienone is 1. The topological polar surface area (TPSA) is 53.2 Å². The predicted octanol–water partition coefficient (Wildman–Crippen LogP) is 4.76. The second-order valence-electron chi connectivity index (χ2n) is 6.16. The average Bonchev–Trinajstić information content (AvgIpc) is 3.28. The summed E-state index contributed by atoms with van der Waals surface area (Å²) in [6.07, 6.45) is 10.8. The van der Waals surface area contributed by atoms with Crippen LogP contribution in [0.25, 0.3) is 6.08 Å². The molecule has 0 spiro atoms. The fourth-order valence-electron chi connectivity index (χ4n) is 2.99. The minimum atomic E-state index is 0.791. The van der Waals surface area contributed by atoms with Crippen LogP contribution in [0.2, 0.25) is 0 Å². The Balaban J connectivity index is 1.83. The van der Waals surface area contributed by atoms with Gasteiger partial charge in [0.05, 0.1) is 18.5 Å². The standard InChI is InChI=1S/C20H25N3O/c1-4-5-6-8-15-11-16(22-14(15)2)12-19-20(24-3)13-18(23-19)17-9-7-10-21-17/h7,9-13,21-22H,4-6,8H2,1-3H3/b19-12-. The lowest BCUT2D eigenvalue weighted by molar-refractivity contribution is 0.303. The number of nitrogens with zero attached hydrogens (tertiary/aromatic N) is 1. The molecule has 2 aromatic heterocycles. The predicted molar refractivity (Wildman–Crippen MR) is 99.2 cm³/mol. The van der Waals surface area contributed by atoms with Crippen LogP contribution in [0.3, 0.4) is 0 Å². The van der Waals surface area contributed by atoms with Crippen molar-refractivity contribution in [1.29, 1.82) is 0 Å². The summed E-state index contributed by atoms with van der Waals surface area (Å²) in [5.74, 6) is 0.791. The van der Waals surface area contributed by atoms with E-state index in [2.05, 4.69) is 36.0 Å². The van der Waals surface area contributed by atoms with Crippen LogP contribution in [0, 0.1) is 6.92 Å². The Labute approximate surface area is 143 Å². The Hall–Kier alpha value is -2.49. The Kier molecular flexibility index (Phi) is 5.04. The second kappa shape index (κ2) is 7.39. The van der Waals surface area contributed by atoms with Gasteiger partial charge >= 0.3 is 0 Å². The summed E-state index contributed by atoms with van der Waals surface area (Å²) in [6.45, 7) is 4.37. The summed E-state index contributed by atoms with van der Waals surface area (Å²) in [6, 6.07) is 6.21. The molecule has 3 heterocycles. The zero-order valence-electron chi connectivity index (χ0n) is 14.6. The molecule has 2 aromatic rings. The van der Waals surface area contributed by atoms with Crippen LogP contribution in [0.5, 0.6) is 0 Å². The minimum absolute atomic E-state index is 0.791. The Morgan fingerprint density at radius 3 is 2.88 bits per heavy atom. The number of aliphatic imine (C=N–C) groups is 1. The van der Waals surface area contributed by atoms with E-state index in [0.717, 1.165) is 35.0 Å². The highest BCUT2D eigenvalue weighted by Gasteiger charge is 2.17. The number of aryl methyl sites for hydroxylation is 2. The maximum atomic E-state index is 5.49. The maximum absolute atomic E-state index is 5.49. The SMILES string of the molecule is CCCCCc1cc(/C=C2\N=C(c3ccc[nH]3)C=C2OC)[nH]c1C. The van der Waals surface area contributed by atoms with Gasteiger partial charge in [-0.05, 0) is 49.6 Å². The lowest BCUT2D eigenvalue weighted by Crippen LogP contribution is -1.93. The van der Waals surface area contributed by atoms with Crippen molar-refractivity contribution in [3.8, 4) is 0 Å². The van der Waals surface area contributed by atoms with E-state index in [-0.39, 0.29) is 0 Å². The number of unbranched alkanes of at least 4 members (excludes halogenated alkanes) is 2. The molecule has 4 heteroatoms. The molecule has 0 saturated carbocycles. The number of aromatic nitrogens is 2. The molecule has 0 bridgehead atoms. The molecule has 1 aliphatic rings. The van der Waals surface area contributed by atoms with Crippen molar-refractivity contribution in [2.75, 3.05) is 7.11 Å². The van der Waals surface area contributed by atoms with Crippen LogP contribution in [-0.2, 0) is 11.2 Å².